The van der Waals surface area contributed by atoms with Crippen LogP contribution in [0, 0.1) is 0 Å². The molecule has 0 N–H and O–H groups in total. The van der Waals surface area contributed by atoms with Crippen molar-refractivity contribution in [3.05, 3.63) is 54.2 Å². The SMILES string of the molecule is CC(=O)c1ccc(N2CCN(CCC(=O)N3CCN(c4ccccn4)CC3)CC2)cc1. The van der Waals surface area contributed by atoms with Gasteiger partial charge in [-0.05, 0) is 43.3 Å². The lowest BCUT2D eigenvalue weighted by atomic mass is 10.1. The third-order valence-electron chi connectivity index (χ3n) is 6.26. The highest BCUT2D eigenvalue weighted by atomic mass is 16.2. The minimum absolute atomic E-state index is 0.0965. The Bertz CT molecular complexity index is 871. The Morgan fingerprint density at radius 1 is 0.839 bits per heavy atom. The molecule has 1 amide bonds. The van der Waals surface area contributed by atoms with E-state index in [1.54, 1.807) is 6.92 Å². The Morgan fingerprint density at radius 3 is 2.13 bits per heavy atom. The number of hydrogen-bond acceptors (Lipinski definition) is 6. The second-order valence-corrected chi connectivity index (χ2v) is 8.24. The largest absolute Gasteiger partial charge is 0.369 e. The van der Waals surface area contributed by atoms with Gasteiger partial charge in [-0.25, -0.2) is 4.98 Å². The molecule has 2 saturated heterocycles. The summed E-state index contributed by atoms with van der Waals surface area (Å²) in [7, 11) is 0. The van der Waals surface area contributed by atoms with Gasteiger partial charge in [0.1, 0.15) is 5.82 Å². The Balaban J connectivity index is 1.18. The third kappa shape index (κ3) is 5.41. The van der Waals surface area contributed by atoms with E-state index in [0.717, 1.165) is 76.0 Å². The highest BCUT2D eigenvalue weighted by molar-refractivity contribution is 5.94. The zero-order chi connectivity index (χ0) is 21.6. The second kappa shape index (κ2) is 9.92. The van der Waals surface area contributed by atoms with E-state index in [2.05, 4.69) is 19.7 Å². The maximum atomic E-state index is 12.7. The van der Waals surface area contributed by atoms with E-state index in [-0.39, 0.29) is 11.7 Å². The molecule has 0 unspecified atom stereocenters. The summed E-state index contributed by atoms with van der Waals surface area (Å²) in [6.45, 7) is 9.40. The van der Waals surface area contributed by atoms with Gasteiger partial charge in [-0.2, -0.15) is 0 Å². The van der Waals surface area contributed by atoms with Crippen LogP contribution < -0.4 is 9.80 Å². The minimum atomic E-state index is 0.0965. The van der Waals surface area contributed by atoms with E-state index in [0.29, 0.717) is 6.42 Å². The van der Waals surface area contributed by atoms with Gasteiger partial charge in [0.15, 0.2) is 5.78 Å². The normalized spacial score (nSPS) is 17.6. The molecule has 0 aliphatic carbocycles. The minimum Gasteiger partial charge on any atom is -0.369 e. The van der Waals surface area contributed by atoms with Crippen molar-refractivity contribution in [2.45, 2.75) is 13.3 Å². The molecule has 2 aliphatic heterocycles. The molecule has 1 aromatic heterocycles. The molecule has 4 rings (SSSR count). The number of pyridine rings is 1. The summed E-state index contributed by atoms with van der Waals surface area (Å²) in [5.74, 6) is 1.34. The number of piperazine rings is 2. The monoisotopic (exact) mass is 421 g/mol. The zero-order valence-electron chi connectivity index (χ0n) is 18.2. The Kier molecular flexibility index (Phi) is 6.82. The first-order chi connectivity index (χ1) is 15.1. The Morgan fingerprint density at radius 2 is 1.52 bits per heavy atom. The third-order valence-corrected chi connectivity index (χ3v) is 6.26. The summed E-state index contributed by atoms with van der Waals surface area (Å²) < 4.78 is 0. The van der Waals surface area contributed by atoms with Crippen molar-refractivity contribution < 1.29 is 9.59 Å². The highest BCUT2D eigenvalue weighted by Crippen LogP contribution is 2.18. The zero-order valence-corrected chi connectivity index (χ0v) is 18.2. The van der Waals surface area contributed by atoms with Crippen LogP contribution in [0.5, 0.6) is 0 Å². The second-order valence-electron chi connectivity index (χ2n) is 8.24. The van der Waals surface area contributed by atoms with Crippen LogP contribution in [0.4, 0.5) is 11.5 Å². The number of benzene rings is 1. The van der Waals surface area contributed by atoms with Gasteiger partial charge < -0.3 is 14.7 Å². The molecule has 2 aromatic rings. The number of anilines is 2. The molecular weight excluding hydrogens is 390 g/mol. The quantitative estimate of drug-likeness (QED) is 0.666. The van der Waals surface area contributed by atoms with Crippen molar-refractivity contribution in [2.75, 3.05) is 68.7 Å². The molecule has 3 heterocycles. The van der Waals surface area contributed by atoms with Crippen molar-refractivity contribution in [2.24, 2.45) is 0 Å². The Labute approximate surface area is 184 Å². The number of hydrogen-bond donors (Lipinski definition) is 0. The smallest absolute Gasteiger partial charge is 0.223 e. The molecular formula is C24H31N5O2. The van der Waals surface area contributed by atoms with E-state index in [1.165, 1.54) is 0 Å². The summed E-state index contributed by atoms with van der Waals surface area (Å²) in [5.41, 5.74) is 1.91. The topological polar surface area (TPSA) is 60.0 Å². The summed E-state index contributed by atoms with van der Waals surface area (Å²) in [4.78, 5) is 37.5. The van der Waals surface area contributed by atoms with Crippen molar-refractivity contribution in [3.8, 4) is 0 Å². The molecule has 2 fully saturated rings. The van der Waals surface area contributed by atoms with E-state index in [4.69, 9.17) is 0 Å². The number of amides is 1. The summed E-state index contributed by atoms with van der Waals surface area (Å²) in [6, 6.07) is 13.8. The molecule has 2 aliphatic rings. The van der Waals surface area contributed by atoms with Crippen LogP contribution in [0.1, 0.15) is 23.7 Å². The number of Topliss-reactive ketones (excluding diaryl/α,β-unsaturated/α-hetero) is 1. The predicted octanol–water partition coefficient (Wildman–Crippen LogP) is 2.15. The summed E-state index contributed by atoms with van der Waals surface area (Å²) in [5, 5.41) is 0. The average Bonchev–Trinajstić information content (AvgIpc) is 2.83. The van der Waals surface area contributed by atoms with Gasteiger partial charge in [0.25, 0.3) is 0 Å². The molecule has 0 spiro atoms. The number of rotatable bonds is 6. The molecule has 31 heavy (non-hydrogen) atoms. The van der Waals surface area contributed by atoms with Crippen molar-refractivity contribution in [1.82, 2.24) is 14.8 Å². The fraction of sp³-hybridized carbons (Fsp3) is 0.458. The lowest BCUT2D eigenvalue weighted by Crippen LogP contribution is -2.50. The fourth-order valence-corrected chi connectivity index (χ4v) is 4.27. The number of ketones is 1. The van der Waals surface area contributed by atoms with Gasteiger partial charge in [0.05, 0.1) is 0 Å². The highest BCUT2D eigenvalue weighted by Gasteiger charge is 2.23. The first-order valence-corrected chi connectivity index (χ1v) is 11.1. The van der Waals surface area contributed by atoms with E-state index < -0.39 is 0 Å². The lowest BCUT2D eigenvalue weighted by molar-refractivity contribution is -0.131. The van der Waals surface area contributed by atoms with Crippen molar-refractivity contribution >= 4 is 23.2 Å². The average molecular weight is 422 g/mol. The maximum absolute atomic E-state index is 12.7. The van der Waals surface area contributed by atoms with Crippen LogP contribution in [0.25, 0.3) is 0 Å². The Hall–Kier alpha value is -2.93. The standard InChI is InChI=1S/C24H31N5O2/c1-20(30)21-5-7-22(8-6-21)27-14-12-26(13-15-27)11-9-24(31)29-18-16-28(17-19-29)23-4-2-3-10-25-23/h2-8,10H,9,11-19H2,1H3. The van der Waals surface area contributed by atoms with E-state index in [9.17, 15) is 9.59 Å². The predicted molar refractivity (Wildman–Crippen MR) is 123 cm³/mol. The van der Waals surface area contributed by atoms with Gasteiger partial charge in [0, 0.05) is 82.8 Å². The first-order valence-electron chi connectivity index (χ1n) is 11.1. The maximum Gasteiger partial charge on any atom is 0.223 e. The van der Waals surface area contributed by atoms with Gasteiger partial charge in [0.2, 0.25) is 5.91 Å². The van der Waals surface area contributed by atoms with E-state index >= 15 is 0 Å². The molecule has 0 bridgehead atoms. The molecule has 0 atom stereocenters. The van der Waals surface area contributed by atoms with Crippen LogP contribution >= 0.6 is 0 Å². The lowest BCUT2D eigenvalue weighted by Gasteiger charge is -2.37. The number of carbonyl (C=O) groups is 2. The molecule has 1 aromatic carbocycles. The van der Waals surface area contributed by atoms with Gasteiger partial charge in [-0.3, -0.25) is 14.5 Å². The van der Waals surface area contributed by atoms with Crippen molar-refractivity contribution in [3.63, 3.8) is 0 Å². The van der Waals surface area contributed by atoms with Crippen molar-refractivity contribution in [1.29, 1.82) is 0 Å². The summed E-state index contributed by atoms with van der Waals surface area (Å²) in [6.07, 6.45) is 2.39. The van der Waals surface area contributed by atoms with E-state index in [1.807, 2.05) is 53.6 Å². The van der Waals surface area contributed by atoms with Crippen LogP contribution in [-0.4, -0.2) is 85.4 Å². The molecule has 7 heteroatoms. The number of carbonyl (C=O) groups excluding carboxylic acids is 2. The molecule has 0 saturated carbocycles. The van der Waals surface area contributed by atoms with Crippen LogP contribution in [0.3, 0.4) is 0 Å². The molecule has 0 radical (unpaired) electrons. The number of aromatic nitrogens is 1. The van der Waals surface area contributed by atoms with Gasteiger partial charge in [-0.1, -0.05) is 6.07 Å². The summed E-state index contributed by atoms with van der Waals surface area (Å²) >= 11 is 0. The van der Waals surface area contributed by atoms with Crippen LogP contribution in [-0.2, 0) is 4.79 Å². The van der Waals surface area contributed by atoms with Gasteiger partial charge in [-0.15, -0.1) is 0 Å². The van der Waals surface area contributed by atoms with Crippen LogP contribution in [0.15, 0.2) is 48.7 Å². The number of nitrogens with zero attached hydrogens (tertiary/aromatic N) is 5. The molecule has 7 nitrogen and oxygen atoms in total. The molecule has 164 valence electrons. The van der Waals surface area contributed by atoms with Gasteiger partial charge >= 0.3 is 0 Å². The first kappa shape index (κ1) is 21.3. The fourth-order valence-electron chi connectivity index (χ4n) is 4.27. The van der Waals surface area contributed by atoms with Crippen LogP contribution in [0.2, 0.25) is 0 Å².